The molecular weight excluding hydrogens is 258 g/mol. The van der Waals surface area contributed by atoms with Gasteiger partial charge in [-0.2, -0.15) is 0 Å². The zero-order valence-electron chi connectivity index (χ0n) is 12.1. The van der Waals surface area contributed by atoms with Gasteiger partial charge in [0, 0.05) is 12.5 Å². The molecule has 3 heteroatoms. The summed E-state index contributed by atoms with van der Waals surface area (Å²) in [6, 6.07) is 6.20. The van der Waals surface area contributed by atoms with Crippen molar-refractivity contribution in [3.63, 3.8) is 0 Å². The minimum atomic E-state index is 0.164. The third kappa shape index (κ3) is 3.64. The fraction of sp³-hybridized carbons (Fsp3) is 0.625. The molecule has 0 saturated carbocycles. The van der Waals surface area contributed by atoms with E-state index in [1.807, 2.05) is 12.1 Å². The highest BCUT2D eigenvalue weighted by molar-refractivity contribution is 6.32. The van der Waals surface area contributed by atoms with Gasteiger partial charge >= 0.3 is 0 Å². The molecule has 1 aliphatic rings. The van der Waals surface area contributed by atoms with Crippen LogP contribution >= 0.6 is 11.6 Å². The molecule has 1 aromatic rings. The highest BCUT2D eigenvalue weighted by atomic mass is 35.5. The average molecular weight is 282 g/mol. The quantitative estimate of drug-likeness (QED) is 0.880. The second kappa shape index (κ2) is 6.15. The van der Waals surface area contributed by atoms with Crippen molar-refractivity contribution in [3.05, 3.63) is 28.8 Å². The predicted octanol–water partition coefficient (Wildman–Crippen LogP) is 4.02. The van der Waals surface area contributed by atoms with E-state index in [9.17, 15) is 0 Å². The van der Waals surface area contributed by atoms with Crippen molar-refractivity contribution < 1.29 is 4.74 Å². The first-order valence-corrected chi connectivity index (χ1v) is 7.54. The zero-order valence-corrected chi connectivity index (χ0v) is 12.9. The van der Waals surface area contributed by atoms with Crippen molar-refractivity contribution in [1.82, 2.24) is 5.32 Å². The molecule has 1 N–H and O–H groups in total. The second-order valence-corrected chi connectivity index (χ2v) is 6.46. The van der Waals surface area contributed by atoms with Crippen LogP contribution in [0.4, 0.5) is 0 Å². The third-order valence-corrected chi connectivity index (χ3v) is 4.53. The monoisotopic (exact) mass is 281 g/mol. The van der Waals surface area contributed by atoms with Crippen molar-refractivity contribution in [3.8, 4) is 5.75 Å². The Bertz CT molecular complexity index is 425. The molecule has 2 nitrogen and oxygen atoms in total. The fourth-order valence-corrected chi connectivity index (χ4v) is 2.54. The Balaban J connectivity index is 2.02. The van der Waals surface area contributed by atoms with Gasteiger partial charge in [0.05, 0.1) is 11.6 Å². The number of halogens is 1. The first-order valence-electron chi connectivity index (χ1n) is 7.16. The van der Waals surface area contributed by atoms with E-state index in [1.165, 1.54) is 12.0 Å². The molecule has 1 fully saturated rings. The van der Waals surface area contributed by atoms with Crippen LogP contribution in [0.3, 0.4) is 0 Å². The number of ether oxygens (including phenoxy) is 1. The van der Waals surface area contributed by atoms with Gasteiger partial charge in [0.25, 0.3) is 0 Å². The Morgan fingerprint density at radius 3 is 2.79 bits per heavy atom. The van der Waals surface area contributed by atoms with Gasteiger partial charge in [-0.3, -0.25) is 0 Å². The summed E-state index contributed by atoms with van der Waals surface area (Å²) in [5.41, 5.74) is 1.44. The maximum atomic E-state index is 6.34. The number of benzene rings is 1. The first-order chi connectivity index (χ1) is 9.03. The minimum Gasteiger partial charge on any atom is -0.492 e. The van der Waals surface area contributed by atoms with E-state index in [0.717, 1.165) is 36.9 Å². The van der Waals surface area contributed by atoms with Crippen LogP contribution in [0.25, 0.3) is 0 Å². The Hall–Kier alpha value is -0.730. The Morgan fingerprint density at radius 2 is 2.21 bits per heavy atom. The Labute approximate surface area is 121 Å². The summed E-state index contributed by atoms with van der Waals surface area (Å²) in [6.07, 6.45) is 2.29. The average Bonchev–Trinajstić information content (AvgIpc) is 2.90. The van der Waals surface area contributed by atoms with E-state index in [1.54, 1.807) is 0 Å². The molecule has 1 heterocycles. The SMILES string of the molecule is CCC(C)(C)c1ccc(OC[C@@H]2CCNC2)c(Cl)c1. The van der Waals surface area contributed by atoms with Gasteiger partial charge in [-0.15, -0.1) is 0 Å². The van der Waals surface area contributed by atoms with Crippen LogP contribution in [0.15, 0.2) is 18.2 Å². The van der Waals surface area contributed by atoms with Gasteiger partial charge in [-0.25, -0.2) is 0 Å². The van der Waals surface area contributed by atoms with Gasteiger partial charge in [-0.1, -0.05) is 38.4 Å². The molecule has 0 amide bonds. The highest BCUT2D eigenvalue weighted by Crippen LogP contribution is 2.33. The van der Waals surface area contributed by atoms with Crippen LogP contribution in [0.1, 0.15) is 39.2 Å². The largest absolute Gasteiger partial charge is 0.492 e. The summed E-state index contributed by atoms with van der Waals surface area (Å²) < 4.78 is 5.85. The van der Waals surface area contributed by atoms with Gasteiger partial charge in [-0.05, 0) is 42.5 Å². The molecule has 1 saturated heterocycles. The zero-order chi connectivity index (χ0) is 13.9. The molecule has 0 spiro atoms. The molecule has 1 aromatic carbocycles. The maximum absolute atomic E-state index is 6.34. The van der Waals surface area contributed by atoms with E-state index in [-0.39, 0.29) is 5.41 Å². The predicted molar refractivity (Wildman–Crippen MR) is 81.2 cm³/mol. The van der Waals surface area contributed by atoms with Gasteiger partial charge in [0.15, 0.2) is 0 Å². The number of hydrogen-bond acceptors (Lipinski definition) is 2. The minimum absolute atomic E-state index is 0.164. The van der Waals surface area contributed by atoms with Crippen LogP contribution in [0.5, 0.6) is 5.75 Å². The summed E-state index contributed by atoms with van der Waals surface area (Å²) in [5, 5.41) is 4.07. The molecule has 1 aliphatic heterocycles. The molecule has 19 heavy (non-hydrogen) atoms. The van der Waals surface area contributed by atoms with Gasteiger partial charge in [0.2, 0.25) is 0 Å². The smallest absolute Gasteiger partial charge is 0.137 e. The van der Waals surface area contributed by atoms with Crippen molar-refractivity contribution in [2.75, 3.05) is 19.7 Å². The molecule has 2 rings (SSSR count). The molecule has 0 unspecified atom stereocenters. The first kappa shape index (κ1) is 14.7. The lowest BCUT2D eigenvalue weighted by Crippen LogP contribution is -2.17. The fourth-order valence-electron chi connectivity index (χ4n) is 2.31. The van der Waals surface area contributed by atoms with Crippen molar-refractivity contribution in [2.24, 2.45) is 5.92 Å². The van der Waals surface area contributed by atoms with Crippen molar-refractivity contribution in [1.29, 1.82) is 0 Å². The summed E-state index contributed by atoms with van der Waals surface area (Å²) >= 11 is 6.34. The van der Waals surface area contributed by atoms with Gasteiger partial charge < -0.3 is 10.1 Å². The highest BCUT2D eigenvalue weighted by Gasteiger charge is 2.20. The van der Waals surface area contributed by atoms with E-state index >= 15 is 0 Å². The van der Waals surface area contributed by atoms with E-state index in [0.29, 0.717) is 5.92 Å². The van der Waals surface area contributed by atoms with Gasteiger partial charge in [0.1, 0.15) is 5.75 Å². The van der Waals surface area contributed by atoms with E-state index < -0.39 is 0 Å². The van der Waals surface area contributed by atoms with Crippen LogP contribution in [-0.2, 0) is 5.41 Å². The number of hydrogen-bond donors (Lipinski definition) is 1. The Morgan fingerprint density at radius 1 is 1.42 bits per heavy atom. The Kier molecular flexibility index (Phi) is 4.75. The topological polar surface area (TPSA) is 21.3 Å². The molecule has 0 bridgehead atoms. The summed E-state index contributed by atoms with van der Waals surface area (Å²) in [7, 11) is 0. The van der Waals surface area contributed by atoms with E-state index in [2.05, 4.69) is 32.2 Å². The third-order valence-electron chi connectivity index (χ3n) is 4.23. The van der Waals surface area contributed by atoms with E-state index in [4.69, 9.17) is 16.3 Å². The summed E-state index contributed by atoms with van der Waals surface area (Å²) in [6.45, 7) is 9.59. The molecule has 0 aromatic heterocycles. The lowest BCUT2D eigenvalue weighted by Gasteiger charge is -2.24. The van der Waals surface area contributed by atoms with Crippen molar-refractivity contribution in [2.45, 2.75) is 39.0 Å². The summed E-state index contributed by atoms with van der Waals surface area (Å²) in [4.78, 5) is 0. The standard InChI is InChI=1S/C16H24ClNO/c1-4-16(2,3)13-5-6-15(14(17)9-13)19-11-12-7-8-18-10-12/h5-6,9,12,18H,4,7-8,10-11H2,1-3H3/t12-/m1/s1. The lowest BCUT2D eigenvalue weighted by molar-refractivity contribution is 0.260. The normalized spacial score (nSPS) is 19.7. The summed E-state index contributed by atoms with van der Waals surface area (Å²) in [5.74, 6) is 1.42. The van der Waals surface area contributed by atoms with Crippen LogP contribution in [0, 0.1) is 5.92 Å². The van der Waals surface area contributed by atoms with Crippen LogP contribution in [-0.4, -0.2) is 19.7 Å². The molecule has 0 aliphatic carbocycles. The molecule has 1 atom stereocenters. The maximum Gasteiger partial charge on any atom is 0.137 e. The lowest BCUT2D eigenvalue weighted by atomic mass is 9.82. The second-order valence-electron chi connectivity index (χ2n) is 6.05. The van der Waals surface area contributed by atoms with Crippen LogP contribution in [0.2, 0.25) is 5.02 Å². The molecular formula is C16H24ClNO. The van der Waals surface area contributed by atoms with Crippen LogP contribution < -0.4 is 10.1 Å². The molecule has 106 valence electrons. The molecule has 0 radical (unpaired) electrons. The number of nitrogens with one attached hydrogen (secondary N) is 1. The number of rotatable bonds is 5. The van der Waals surface area contributed by atoms with Crippen molar-refractivity contribution >= 4 is 11.6 Å².